The van der Waals surface area contributed by atoms with Crippen molar-refractivity contribution in [3.05, 3.63) is 0 Å². The average molecular weight is 155 g/mol. The molecule has 3 nitrogen and oxygen atoms in total. The van der Waals surface area contributed by atoms with Gasteiger partial charge in [0.1, 0.15) is 6.61 Å². The molecule has 0 saturated carbocycles. The van der Waals surface area contributed by atoms with E-state index in [4.69, 9.17) is 6.42 Å². The van der Waals surface area contributed by atoms with Crippen LogP contribution in [0.5, 0.6) is 0 Å². The van der Waals surface area contributed by atoms with Gasteiger partial charge in [0.25, 0.3) is 0 Å². The van der Waals surface area contributed by atoms with Crippen LogP contribution in [-0.4, -0.2) is 25.7 Å². The summed E-state index contributed by atoms with van der Waals surface area (Å²) < 4.78 is 4.61. The number of terminal acetylenes is 1. The van der Waals surface area contributed by atoms with Crippen molar-refractivity contribution in [2.45, 2.75) is 19.4 Å². The third-order valence-corrected chi connectivity index (χ3v) is 1.22. The number of nitrogens with one attached hydrogen (secondary N) is 1. The molecule has 11 heavy (non-hydrogen) atoms. The summed E-state index contributed by atoms with van der Waals surface area (Å²) in [5, 5.41) is 2.62. The van der Waals surface area contributed by atoms with Gasteiger partial charge in [-0.15, -0.1) is 6.42 Å². The van der Waals surface area contributed by atoms with Gasteiger partial charge in [-0.3, -0.25) is 4.79 Å². The van der Waals surface area contributed by atoms with E-state index in [0.717, 1.165) is 6.42 Å². The van der Waals surface area contributed by atoms with Gasteiger partial charge in [0.05, 0.1) is 6.04 Å². The first kappa shape index (κ1) is 9.99. The van der Waals surface area contributed by atoms with Gasteiger partial charge in [0, 0.05) is 7.11 Å². The second-order valence-corrected chi connectivity index (χ2v) is 2.13. The maximum atomic E-state index is 10.8. The Labute approximate surface area is 67.1 Å². The molecule has 0 rings (SSSR count). The zero-order valence-corrected chi connectivity index (χ0v) is 6.89. The minimum absolute atomic E-state index is 0.0676. The van der Waals surface area contributed by atoms with Crippen molar-refractivity contribution in [1.82, 2.24) is 5.32 Å². The van der Waals surface area contributed by atoms with E-state index in [0.29, 0.717) is 0 Å². The fourth-order valence-corrected chi connectivity index (χ4v) is 0.629. The van der Waals surface area contributed by atoms with Crippen molar-refractivity contribution in [3.8, 4) is 12.3 Å². The quantitative estimate of drug-likeness (QED) is 0.587. The number of rotatable bonds is 4. The molecular formula is C8H13NO2. The maximum absolute atomic E-state index is 10.8. The molecule has 0 fully saturated rings. The molecule has 1 N–H and O–H groups in total. The second kappa shape index (κ2) is 5.75. The number of ether oxygens (including phenoxy) is 1. The standard InChI is InChI=1S/C8H13NO2/c1-4-7(5-2)9-8(10)6-11-3/h1,7H,5-6H2,2-3H3,(H,9,10). The van der Waals surface area contributed by atoms with Gasteiger partial charge in [-0.2, -0.15) is 0 Å². The molecule has 0 spiro atoms. The van der Waals surface area contributed by atoms with E-state index in [1.165, 1.54) is 7.11 Å². The Balaban J connectivity index is 3.65. The average Bonchev–Trinajstić information content (AvgIpc) is 2.01. The molecule has 0 saturated heterocycles. The van der Waals surface area contributed by atoms with E-state index < -0.39 is 0 Å². The van der Waals surface area contributed by atoms with E-state index in [-0.39, 0.29) is 18.6 Å². The van der Waals surface area contributed by atoms with E-state index in [1.54, 1.807) is 0 Å². The smallest absolute Gasteiger partial charge is 0.246 e. The van der Waals surface area contributed by atoms with E-state index in [1.807, 2.05) is 6.92 Å². The van der Waals surface area contributed by atoms with Crippen molar-refractivity contribution < 1.29 is 9.53 Å². The Hall–Kier alpha value is -1.01. The van der Waals surface area contributed by atoms with Gasteiger partial charge >= 0.3 is 0 Å². The summed E-state index contributed by atoms with van der Waals surface area (Å²) >= 11 is 0. The van der Waals surface area contributed by atoms with Crippen LogP contribution >= 0.6 is 0 Å². The minimum Gasteiger partial charge on any atom is -0.375 e. The Morgan fingerprint density at radius 2 is 2.45 bits per heavy atom. The van der Waals surface area contributed by atoms with Crippen molar-refractivity contribution in [2.75, 3.05) is 13.7 Å². The molecule has 0 aliphatic rings. The van der Waals surface area contributed by atoms with E-state index in [2.05, 4.69) is 16.0 Å². The molecule has 0 heterocycles. The Morgan fingerprint density at radius 1 is 1.82 bits per heavy atom. The van der Waals surface area contributed by atoms with Crippen molar-refractivity contribution in [2.24, 2.45) is 0 Å². The number of carbonyl (C=O) groups excluding carboxylic acids is 1. The first-order valence-electron chi connectivity index (χ1n) is 3.49. The summed E-state index contributed by atoms with van der Waals surface area (Å²) in [6, 6.07) is -0.169. The van der Waals surface area contributed by atoms with Crippen molar-refractivity contribution in [3.63, 3.8) is 0 Å². The lowest BCUT2D eigenvalue weighted by Crippen LogP contribution is -2.35. The van der Waals surface area contributed by atoms with Gasteiger partial charge in [0.2, 0.25) is 5.91 Å². The number of methoxy groups -OCH3 is 1. The Morgan fingerprint density at radius 3 is 2.82 bits per heavy atom. The first-order valence-corrected chi connectivity index (χ1v) is 3.49. The third-order valence-electron chi connectivity index (χ3n) is 1.22. The van der Waals surface area contributed by atoms with Crippen molar-refractivity contribution >= 4 is 5.91 Å². The predicted octanol–water partition coefficient (Wildman–Crippen LogP) is 0.161. The Kier molecular flexibility index (Phi) is 5.22. The largest absolute Gasteiger partial charge is 0.375 e. The normalized spacial score (nSPS) is 11.7. The summed E-state index contributed by atoms with van der Waals surface area (Å²) in [4.78, 5) is 10.8. The number of amides is 1. The molecule has 0 bridgehead atoms. The van der Waals surface area contributed by atoms with Crippen LogP contribution in [0.1, 0.15) is 13.3 Å². The monoisotopic (exact) mass is 155 g/mol. The van der Waals surface area contributed by atoms with Crippen LogP contribution in [0.4, 0.5) is 0 Å². The van der Waals surface area contributed by atoms with Crippen LogP contribution in [0.25, 0.3) is 0 Å². The van der Waals surface area contributed by atoms with Gasteiger partial charge < -0.3 is 10.1 Å². The zero-order valence-electron chi connectivity index (χ0n) is 6.89. The fourth-order valence-electron chi connectivity index (χ4n) is 0.629. The van der Waals surface area contributed by atoms with Crippen LogP contribution in [-0.2, 0) is 9.53 Å². The highest BCUT2D eigenvalue weighted by atomic mass is 16.5. The van der Waals surface area contributed by atoms with E-state index >= 15 is 0 Å². The number of hydrogen-bond acceptors (Lipinski definition) is 2. The van der Waals surface area contributed by atoms with Gasteiger partial charge in [-0.1, -0.05) is 12.8 Å². The summed E-state index contributed by atoms with van der Waals surface area (Å²) in [6.45, 7) is 1.98. The zero-order chi connectivity index (χ0) is 8.69. The van der Waals surface area contributed by atoms with Crippen LogP contribution in [0.15, 0.2) is 0 Å². The molecule has 3 heteroatoms. The highest BCUT2D eigenvalue weighted by Gasteiger charge is 2.05. The van der Waals surface area contributed by atoms with E-state index in [9.17, 15) is 4.79 Å². The molecule has 0 aliphatic carbocycles. The van der Waals surface area contributed by atoms with Crippen LogP contribution in [0.2, 0.25) is 0 Å². The van der Waals surface area contributed by atoms with Gasteiger partial charge in [-0.25, -0.2) is 0 Å². The van der Waals surface area contributed by atoms with Crippen molar-refractivity contribution in [1.29, 1.82) is 0 Å². The van der Waals surface area contributed by atoms with Gasteiger partial charge in [-0.05, 0) is 6.42 Å². The fraction of sp³-hybridized carbons (Fsp3) is 0.625. The van der Waals surface area contributed by atoms with Gasteiger partial charge in [0.15, 0.2) is 0 Å². The highest BCUT2D eigenvalue weighted by molar-refractivity contribution is 5.77. The lowest BCUT2D eigenvalue weighted by atomic mass is 10.2. The van der Waals surface area contributed by atoms with Crippen LogP contribution < -0.4 is 5.32 Å². The molecule has 1 atom stereocenters. The first-order chi connectivity index (χ1) is 5.24. The summed E-state index contributed by atoms with van der Waals surface area (Å²) in [7, 11) is 1.47. The molecular weight excluding hydrogens is 142 g/mol. The predicted molar refractivity (Wildman–Crippen MR) is 42.9 cm³/mol. The lowest BCUT2D eigenvalue weighted by Gasteiger charge is -2.09. The highest BCUT2D eigenvalue weighted by Crippen LogP contribution is 1.86. The molecule has 0 aliphatic heterocycles. The van der Waals surface area contributed by atoms with Crippen LogP contribution in [0.3, 0.4) is 0 Å². The molecule has 0 aromatic heterocycles. The summed E-state index contributed by atoms with van der Waals surface area (Å²) in [5.74, 6) is 2.28. The molecule has 0 aromatic carbocycles. The molecule has 1 unspecified atom stereocenters. The number of hydrogen-bond donors (Lipinski definition) is 1. The summed E-state index contributed by atoms with van der Waals surface area (Å²) in [5.41, 5.74) is 0. The molecule has 0 radical (unpaired) electrons. The Bertz CT molecular complexity index is 160. The minimum atomic E-state index is -0.169. The van der Waals surface area contributed by atoms with Crippen LogP contribution in [0, 0.1) is 12.3 Å². The summed E-state index contributed by atoms with van der Waals surface area (Å²) in [6.07, 6.45) is 5.86. The molecule has 1 amide bonds. The second-order valence-electron chi connectivity index (χ2n) is 2.13. The molecule has 62 valence electrons. The molecule has 0 aromatic rings. The lowest BCUT2D eigenvalue weighted by molar-refractivity contribution is -0.125. The third kappa shape index (κ3) is 4.40. The number of carbonyl (C=O) groups is 1. The topological polar surface area (TPSA) is 38.3 Å². The SMILES string of the molecule is C#CC(CC)NC(=O)COC. The maximum Gasteiger partial charge on any atom is 0.246 e.